The van der Waals surface area contributed by atoms with E-state index >= 15 is 0 Å². The van der Waals surface area contributed by atoms with Crippen molar-refractivity contribution < 1.29 is 14.3 Å². The highest BCUT2D eigenvalue weighted by Gasteiger charge is 2.24. The standard InChI is InChI=1S/C18H18N4O3S/c1-2-22(17-19-8-3-9-20-17)10-11-25-14-6-4-13(5-7-14)12-15-16(23)21-18(24)26-15/h3-9,12H,2,10-11H2,1H3,(H,21,23,24). The summed E-state index contributed by atoms with van der Waals surface area (Å²) in [6.45, 7) is 4.00. The van der Waals surface area contributed by atoms with E-state index in [0.717, 1.165) is 29.6 Å². The SMILES string of the molecule is CCN(CCOc1ccc(C=C2SC(=O)NC2=O)cc1)c1ncccn1. The van der Waals surface area contributed by atoms with Crippen molar-refractivity contribution in [3.8, 4) is 5.75 Å². The summed E-state index contributed by atoms with van der Waals surface area (Å²) < 4.78 is 5.77. The van der Waals surface area contributed by atoms with E-state index in [2.05, 4.69) is 15.3 Å². The number of imide groups is 1. The van der Waals surface area contributed by atoms with Crippen LogP contribution in [0.4, 0.5) is 10.7 Å². The number of hydrogen-bond acceptors (Lipinski definition) is 7. The number of aromatic nitrogens is 2. The Morgan fingerprint density at radius 1 is 1.19 bits per heavy atom. The predicted molar refractivity (Wildman–Crippen MR) is 101 cm³/mol. The number of carbonyl (C=O) groups is 2. The molecule has 0 atom stereocenters. The molecule has 1 fully saturated rings. The number of nitrogens with zero attached hydrogens (tertiary/aromatic N) is 3. The zero-order valence-corrected chi connectivity index (χ0v) is 15.0. The first-order valence-electron chi connectivity index (χ1n) is 8.15. The summed E-state index contributed by atoms with van der Waals surface area (Å²) in [5, 5.41) is 1.89. The first-order valence-corrected chi connectivity index (χ1v) is 8.97. The Kier molecular flexibility index (Phi) is 5.85. The van der Waals surface area contributed by atoms with E-state index in [0.29, 0.717) is 24.0 Å². The predicted octanol–water partition coefficient (Wildman–Crippen LogP) is 2.71. The molecule has 0 saturated carbocycles. The molecule has 1 aromatic heterocycles. The van der Waals surface area contributed by atoms with Crippen LogP contribution in [0, 0.1) is 0 Å². The molecular weight excluding hydrogens is 352 g/mol. The first-order chi connectivity index (χ1) is 12.7. The maximum Gasteiger partial charge on any atom is 0.290 e. The molecule has 0 bridgehead atoms. The van der Waals surface area contributed by atoms with Gasteiger partial charge in [0.15, 0.2) is 0 Å². The second kappa shape index (κ2) is 8.48. The molecular formula is C18H18N4O3S. The van der Waals surface area contributed by atoms with Crippen LogP contribution in [0.5, 0.6) is 5.75 Å². The van der Waals surface area contributed by atoms with Crippen LogP contribution in [0.2, 0.25) is 0 Å². The number of thioether (sulfide) groups is 1. The fourth-order valence-electron chi connectivity index (χ4n) is 2.36. The lowest BCUT2D eigenvalue weighted by Crippen LogP contribution is -2.29. The molecule has 0 aliphatic carbocycles. The number of carbonyl (C=O) groups excluding carboxylic acids is 2. The molecule has 1 saturated heterocycles. The number of amides is 2. The van der Waals surface area contributed by atoms with Gasteiger partial charge in [-0.15, -0.1) is 0 Å². The first kappa shape index (κ1) is 17.9. The molecule has 2 amide bonds. The molecule has 8 heteroatoms. The lowest BCUT2D eigenvalue weighted by atomic mass is 10.2. The van der Waals surface area contributed by atoms with Crippen LogP contribution in [0.3, 0.4) is 0 Å². The van der Waals surface area contributed by atoms with Crippen molar-refractivity contribution in [2.45, 2.75) is 6.92 Å². The third-order valence-electron chi connectivity index (χ3n) is 3.67. The molecule has 1 aliphatic heterocycles. The highest BCUT2D eigenvalue weighted by Crippen LogP contribution is 2.26. The van der Waals surface area contributed by atoms with Gasteiger partial charge in [0.1, 0.15) is 12.4 Å². The summed E-state index contributed by atoms with van der Waals surface area (Å²) in [5.41, 5.74) is 0.831. The van der Waals surface area contributed by atoms with Gasteiger partial charge in [-0.25, -0.2) is 9.97 Å². The van der Waals surface area contributed by atoms with Crippen LogP contribution in [0.25, 0.3) is 6.08 Å². The molecule has 2 aromatic rings. The van der Waals surface area contributed by atoms with E-state index in [1.54, 1.807) is 24.5 Å². The second-order valence-electron chi connectivity index (χ2n) is 5.40. The third-order valence-corrected chi connectivity index (χ3v) is 4.48. The van der Waals surface area contributed by atoms with Crippen molar-refractivity contribution in [2.24, 2.45) is 0 Å². The van der Waals surface area contributed by atoms with E-state index in [1.807, 2.05) is 36.1 Å². The van der Waals surface area contributed by atoms with Crippen molar-refractivity contribution >= 4 is 34.9 Å². The van der Waals surface area contributed by atoms with Crippen LogP contribution in [-0.4, -0.2) is 40.8 Å². The molecule has 0 unspecified atom stereocenters. The van der Waals surface area contributed by atoms with Gasteiger partial charge >= 0.3 is 0 Å². The van der Waals surface area contributed by atoms with E-state index < -0.39 is 0 Å². The largest absolute Gasteiger partial charge is 0.492 e. The summed E-state index contributed by atoms with van der Waals surface area (Å²) in [6, 6.07) is 9.14. The number of rotatable bonds is 7. The van der Waals surface area contributed by atoms with Crippen molar-refractivity contribution in [1.29, 1.82) is 0 Å². The molecule has 1 aromatic carbocycles. The van der Waals surface area contributed by atoms with Gasteiger partial charge in [0.2, 0.25) is 5.95 Å². The van der Waals surface area contributed by atoms with Gasteiger partial charge in [0.05, 0.1) is 11.4 Å². The van der Waals surface area contributed by atoms with Crippen LogP contribution < -0.4 is 15.0 Å². The molecule has 0 spiro atoms. The number of nitrogens with one attached hydrogen (secondary N) is 1. The van der Waals surface area contributed by atoms with Gasteiger partial charge in [-0.1, -0.05) is 12.1 Å². The van der Waals surface area contributed by atoms with Crippen molar-refractivity contribution in [3.05, 3.63) is 53.2 Å². The summed E-state index contributed by atoms with van der Waals surface area (Å²) >= 11 is 0.903. The van der Waals surface area contributed by atoms with Gasteiger partial charge in [-0.05, 0) is 48.5 Å². The van der Waals surface area contributed by atoms with Crippen LogP contribution in [0.1, 0.15) is 12.5 Å². The number of anilines is 1. The average molecular weight is 370 g/mol. The summed E-state index contributed by atoms with van der Waals surface area (Å²) in [6.07, 6.45) is 5.12. The zero-order valence-electron chi connectivity index (χ0n) is 14.2. The molecule has 3 rings (SSSR count). The Balaban J connectivity index is 1.54. The Morgan fingerprint density at radius 2 is 1.92 bits per heavy atom. The van der Waals surface area contributed by atoms with Crippen LogP contribution in [-0.2, 0) is 4.79 Å². The minimum atomic E-state index is -0.358. The summed E-state index contributed by atoms with van der Waals surface area (Å²) in [7, 11) is 0. The van der Waals surface area contributed by atoms with Gasteiger partial charge in [0, 0.05) is 18.9 Å². The quantitative estimate of drug-likeness (QED) is 0.750. The zero-order chi connectivity index (χ0) is 18.4. The summed E-state index contributed by atoms with van der Waals surface area (Å²) in [4.78, 5) is 33.6. The number of ether oxygens (including phenoxy) is 1. The fraction of sp³-hybridized carbons (Fsp3) is 0.222. The normalized spacial score (nSPS) is 15.2. The Bertz CT molecular complexity index is 809. The minimum absolute atomic E-state index is 0.343. The minimum Gasteiger partial charge on any atom is -0.492 e. The topological polar surface area (TPSA) is 84.4 Å². The summed E-state index contributed by atoms with van der Waals surface area (Å²) in [5.74, 6) is 1.06. The number of hydrogen-bond donors (Lipinski definition) is 1. The van der Waals surface area contributed by atoms with E-state index in [9.17, 15) is 9.59 Å². The van der Waals surface area contributed by atoms with E-state index in [4.69, 9.17) is 4.74 Å². The Morgan fingerprint density at radius 3 is 2.54 bits per heavy atom. The van der Waals surface area contributed by atoms with Crippen LogP contribution in [0.15, 0.2) is 47.6 Å². The highest BCUT2D eigenvalue weighted by atomic mass is 32.2. The lowest BCUT2D eigenvalue weighted by molar-refractivity contribution is -0.115. The molecule has 0 radical (unpaired) electrons. The number of benzene rings is 1. The van der Waals surface area contributed by atoms with Crippen molar-refractivity contribution in [1.82, 2.24) is 15.3 Å². The highest BCUT2D eigenvalue weighted by molar-refractivity contribution is 8.18. The van der Waals surface area contributed by atoms with Crippen LogP contribution >= 0.6 is 11.8 Å². The van der Waals surface area contributed by atoms with Gasteiger partial charge in [-0.3, -0.25) is 14.9 Å². The van der Waals surface area contributed by atoms with Crippen molar-refractivity contribution in [3.63, 3.8) is 0 Å². The lowest BCUT2D eigenvalue weighted by Gasteiger charge is -2.20. The van der Waals surface area contributed by atoms with Gasteiger partial charge < -0.3 is 9.64 Å². The second-order valence-corrected chi connectivity index (χ2v) is 6.41. The molecule has 2 heterocycles. The Labute approximate surface area is 155 Å². The molecule has 26 heavy (non-hydrogen) atoms. The third kappa shape index (κ3) is 4.60. The monoisotopic (exact) mass is 370 g/mol. The molecule has 7 nitrogen and oxygen atoms in total. The average Bonchev–Trinajstić information content (AvgIpc) is 2.98. The van der Waals surface area contributed by atoms with Gasteiger partial charge in [0.25, 0.3) is 11.1 Å². The molecule has 1 N–H and O–H groups in total. The Hall–Kier alpha value is -2.87. The smallest absolute Gasteiger partial charge is 0.290 e. The van der Waals surface area contributed by atoms with Gasteiger partial charge in [-0.2, -0.15) is 0 Å². The molecule has 134 valence electrons. The maximum atomic E-state index is 11.5. The number of likely N-dealkylation sites (N-methyl/N-ethyl adjacent to an activating group) is 1. The van der Waals surface area contributed by atoms with E-state index in [-0.39, 0.29) is 11.1 Å². The molecule has 1 aliphatic rings. The fourth-order valence-corrected chi connectivity index (χ4v) is 3.04. The maximum absolute atomic E-state index is 11.5. The van der Waals surface area contributed by atoms with Crippen molar-refractivity contribution in [2.75, 3.05) is 24.6 Å². The van der Waals surface area contributed by atoms with E-state index in [1.165, 1.54) is 0 Å².